The molecule has 1 saturated heterocycles. The maximum absolute atomic E-state index is 11.5. The molecule has 5 N–H and O–H groups in total. The summed E-state index contributed by atoms with van der Waals surface area (Å²) in [6, 6.07) is -0.914. The molecule has 0 radical (unpaired) electrons. The van der Waals surface area contributed by atoms with E-state index in [-0.39, 0.29) is 24.7 Å². The summed E-state index contributed by atoms with van der Waals surface area (Å²) in [5, 5.41) is 8.51. The molecule has 2 amide bonds. The molecule has 0 bridgehead atoms. The minimum Gasteiger partial charge on any atom is -0.481 e. The van der Waals surface area contributed by atoms with Gasteiger partial charge in [-0.3, -0.25) is 14.4 Å². The van der Waals surface area contributed by atoms with Crippen molar-refractivity contribution in [1.82, 2.24) is 4.90 Å². The number of carbonyl (C=O) groups is 3. The van der Waals surface area contributed by atoms with Crippen LogP contribution in [-0.4, -0.2) is 46.9 Å². The van der Waals surface area contributed by atoms with Crippen LogP contribution in [0.4, 0.5) is 0 Å². The van der Waals surface area contributed by atoms with Crippen molar-refractivity contribution in [3.63, 3.8) is 0 Å². The Balaban J connectivity index is 2.31. The minimum atomic E-state index is -0.914. The lowest BCUT2D eigenvalue weighted by molar-refractivity contribution is -0.146. The third-order valence-electron chi connectivity index (χ3n) is 2.47. The third kappa shape index (κ3) is 3.20. The highest BCUT2D eigenvalue weighted by atomic mass is 16.4. The van der Waals surface area contributed by atoms with E-state index in [1.807, 2.05) is 0 Å². The van der Waals surface area contributed by atoms with Crippen molar-refractivity contribution in [2.24, 2.45) is 17.4 Å². The van der Waals surface area contributed by atoms with Crippen LogP contribution >= 0.6 is 0 Å². The Morgan fingerprint density at radius 3 is 2.38 bits per heavy atom. The number of hydrogen-bond acceptors (Lipinski definition) is 4. The Morgan fingerprint density at radius 1 is 1.38 bits per heavy atom. The number of hydrogen-bond donors (Lipinski definition) is 3. The Kier molecular flexibility index (Phi) is 3.83. The van der Waals surface area contributed by atoms with Gasteiger partial charge in [-0.05, 0) is 0 Å². The summed E-state index contributed by atoms with van der Waals surface area (Å²) >= 11 is 0. The SMILES string of the molecule is NC(=O)CC(N)C(=O)N1CC(CC(=O)O)C1. The van der Waals surface area contributed by atoms with E-state index < -0.39 is 17.9 Å². The van der Waals surface area contributed by atoms with E-state index in [2.05, 4.69) is 0 Å². The molecule has 0 aliphatic carbocycles. The molecule has 1 rings (SSSR count). The van der Waals surface area contributed by atoms with Crippen LogP contribution in [0.15, 0.2) is 0 Å². The largest absolute Gasteiger partial charge is 0.481 e. The lowest BCUT2D eigenvalue weighted by Gasteiger charge is -2.39. The summed E-state index contributed by atoms with van der Waals surface area (Å²) in [6.45, 7) is 0.773. The zero-order chi connectivity index (χ0) is 12.3. The normalized spacial score (nSPS) is 17.7. The van der Waals surface area contributed by atoms with Gasteiger partial charge >= 0.3 is 5.97 Å². The van der Waals surface area contributed by atoms with Crippen molar-refractivity contribution in [1.29, 1.82) is 0 Å². The molecule has 7 nitrogen and oxygen atoms in total. The standard InChI is InChI=1S/C9H15N3O4/c10-6(2-7(11)13)9(16)12-3-5(4-12)1-8(14)15/h5-6H,1-4,10H2,(H2,11,13)(H,14,15). The van der Waals surface area contributed by atoms with E-state index in [0.29, 0.717) is 13.1 Å². The van der Waals surface area contributed by atoms with Gasteiger partial charge in [-0.15, -0.1) is 0 Å². The molecule has 7 heteroatoms. The van der Waals surface area contributed by atoms with E-state index >= 15 is 0 Å². The second kappa shape index (κ2) is 4.93. The van der Waals surface area contributed by atoms with Gasteiger partial charge in [-0.25, -0.2) is 0 Å². The van der Waals surface area contributed by atoms with Crippen molar-refractivity contribution in [3.05, 3.63) is 0 Å². The number of primary amides is 1. The van der Waals surface area contributed by atoms with E-state index in [1.165, 1.54) is 4.90 Å². The smallest absolute Gasteiger partial charge is 0.303 e. The fourth-order valence-corrected chi connectivity index (χ4v) is 1.66. The molecule has 0 aromatic heterocycles. The van der Waals surface area contributed by atoms with E-state index in [0.717, 1.165) is 0 Å². The highest BCUT2D eigenvalue weighted by Gasteiger charge is 2.34. The predicted octanol–water partition coefficient (Wildman–Crippen LogP) is -1.88. The Labute approximate surface area is 92.4 Å². The number of aliphatic carboxylic acids is 1. The van der Waals surface area contributed by atoms with Crippen LogP contribution in [-0.2, 0) is 14.4 Å². The average molecular weight is 229 g/mol. The van der Waals surface area contributed by atoms with Crippen molar-refractivity contribution in [2.45, 2.75) is 18.9 Å². The second-order valence-electron chi connectivity index (χ2n) is 3.98. The lowest BCUT2D eigenvalue weighted by Crippen LogP contribution is -2.56. The molecule has 0 aromatic carbocycles. The van der Waals surface area contributed by atoms with Crippen molar-refractivity contribution >= 4 is 17.8 Å². The van der Waals surface area contributed by atoms with Gasteiger partial charge in [0.25, 0.3) is 0 Å². The van der Waals surface area contributed by atoms with Gasteiger partial charge in [0.15, 0.2) is 0 Å². The van der Waals surface area contributed by atoms with Crippen LogP contribution in [0, 0.1) is 5.92 Å². The second-order valence-corrected chi connectivity index (χ2v) is 3.98. The van der Waals surface area contributed by atoms with Crippen molar-refractivity contribution < 1.29 is 19.5 Å². The average Bonchev–Trinajstić information content (AvgIpc) is 2.07. The topological polar surface area (TPSA) is 127 Å². The highest BCUT2D eigenvalue weighted by Crippen LogP contribution is 2.19. The van der Waals surface area contributed by atoms with Gasteiger partial charge in [0.05, 0.1) is 18.9 Å². The van der Waals surface area contributed by atoms with Gasteiger partial charge in [0, 0.05) is 19.0 Å². The number of carboxylic acids is 1. The first-order valence-electron chi connectivity index (χ1n) is 4.94. The monoisotopic (exact) mass is 229 g/mol. The number of nitrogens with two attached hydrogens (primary N) is 2. The first kappa shape index (κ1) is 12.4. The molecule has 90 valence electrons. The van der Waals surface area contributed by atoms with E-state index in [4.69, 9.17) is 16.6 Å². The number of carboxylic acid groups (broad SMARTS) is 1. The predicted molar refractivity (Wildman–Crippen MR) is 54.1 cm³/mol. The summed E-state index contributed by atoms with van der Waals surface area (Å²) in [5.41, 5.74) is 10.4. The van der Waals surface area contributed by atoms with Gasteiger partial charge in [0.1, 0.15) is 0 Å². The molecule has 16 heavy (non-hydrogen) atoms. The molecule has 1 aliphatic rings. The van der Waals surface area contributed by atoms with Gasteiger partial charge in [0.2, 0.25) is 11.8 Å². The third-order valence-corrected chi connectivity index (χ3v) is 2.47. The molecule has 0 saturated carbocycles. The lowest BCUT2D eigenvalue weighted by atomic mass is 9.95. The summed E-state index contributed by atoms with van der Waals surface area (Å²) < 4.78 is 0. The van der Waals surface area contributed by atoms with Gasteiger partial charge < -0.3 is 21.5 Å². The summed E-state index contributed by atoms with van der Waals surface area (Å²) in [7, 11) is 0. The highest BCUT2D eigenvalue weighted by molar-refractivity contribution is 5.88. The molecule has 0 spiro atoms. The first-order chi connectivity index (χ1) is 7.40. The van der Waals surface area contributed by atoms with Crippen LogP contribution < -0.4 is 11.5 Å². The van der Waals surface area contributed by atoms with Crippen molar-refractivity contribution in [3.8, 4) is 0 Å². The Bertz CT molecular complexity index is 312. The summed E-state index contributed by atoms with van der Waals surface area (Å²) in [4.78, 5) is 33.9. The molecular weight excluding hydrogens is 214 g/mol. The first-order valence-corrected chi connectivity index (χ1v) is 4.94. The Morgan fingerprint density at radius 2 is 1.94 bits per heavy atom. The quantitative estimate of drug-likeness (QED) is 0.508. The van der Waals surface area contributed by atoms with Gasteiger partial charge in [-0.2, -0.15) is 0 Å². The molecule has 1 aliphatic heterocycles. The molecule has 1 fully saturated rings. The van der Waals surface area contributed by atoms with Crippen molar-refractivity contribution in [2.75, 3.05) is 13.1 Å². The molecule has 1 heterocycles. The molecule has 1 unspecified atom stereocenters. The fraction of sp³-hybridized carbons (Fsp3) is 0.667. The molecular formula is C9H15N3O4. The van der Waals surface area contributed by atoms with Crippen LogP contribution in [0.25, 0.3) is 0 Å². The van der Waals surface area contributed by atoms with E-state index in [9.17, 15) is 14.4 Å². The number of nitrogens with zero attached hydrogens (tertiary/aromatic N) is 1. The number of likely N-dealkylation sites (tertiary alicyclic amines) is 1. The number of carbonyl (C=O) groups excluding carboxylic acids is 2. The zero-order valence-electron chi connectivity index (χ0n) is 8.76. The maximum atomic E-state index is 11.5. The van der Waals surface area contributed by atoms with Crippen LogP contribution in [0.5, 0.6) is 0 Å². The zero-order valence-corrected chi connectivity index (χ0v) is 8.76. The summed E-state index contributed by atoms with van der Waals surface area (Å²) in [6.07, 6.45) is -0.131. The fourth-order valence-electron chi connectivity index (χ4n) is 1.66. The van der Waals surface area contributed by atoms with Crippen LogP contribution in [0.3, 0.4) is 0 Å². The number of rotatable bonds is 5. The van der Waals surface area contributed by atoms with E-state index in [1.54, 1.807) is 0 Å². The maximum Gasteiger partial charge on any atom is 0.303 e. The molecule has 1 atom stereocenters. The van der Waals surface area contributed by atoms with Crippen LogP contribution in [0.1, 0.15) is 12.8 Å². The minimum absolute atomic E-state index is 0.0118. The van der Waals surface area contributed by atoms with Gasteiger partial charge in [-0.1, -0.05) is 0 Å². The van der Waals surface area contributed by atoms with Crippen LogP contribution in [0.2, 0.25) is 0 Å². The molecule has 0 aromatic rings. The Hall–Kier alpha value is -1.63. The summed E-state index contributed by atoms with van der Waals surface area (Å²) in [5.74, 6) is -1.86. The number of amides is 2.